The highest BCUT2D eigenvalue weighted by Crippen LogP contribution is 2.38. The van der Waals surface area contributed by atoms with Crippen molar-refractivity contribution in [3.63, 3.8) is 0 Å². The average molecular weight is 487 g/mol. The van der Waals surface area contributed by atoms with Gasteiger partial charge in [-0.1, -0.05) is 12.1 Å². The average Bonchev–Trinajstić information content (AvgIpc) is 3.13. The number of aromatic nitrogens is 4. The zero-order valence-corrected chi connectivity index (χ0v) is 19.1. The predicted octanol–water partition coefficient (Wildman–Crippen LogP) is 4.84. The highest BCUT2D eigenvalue weighted by atomic mass is 79.9. The number of nitrogens with one attached hydrogen (secondary N) is 2. The Hall–Kier alpha value is -2.58. The van der Waals surface area contributed by atoms with Gasteiger partial charge in [0.25, 0.3) is 0 Å². The minimum absolute atomic E-state index is 0.473. The molecule has 0 atom stereocenters. The van der Waals surface area contributed by atoms with Gasteiger partial charge in [-0.3, -0.25) is 4.68 Å². The van der Waals surface area contributed by atoms with Gasteiger partial charge in [0.1, 0.15) is 5.82 Å². The summed E-state index contributed by atoms with van der Waals surface area (Å²) < 4.78 is 13.5. The molecule has 154 valence electrons. The second-order valence-electron chi connectivity index (χ2n) is 6.32. The van der Waals surface area contributed by atoms with Crippen LogP contribution in [0.1, 0.15) is 0 Å². The molecule has 0 aliphatic rings. The fourth-order valence-electron chi connectivity index (χ4n) is 3.00. The van der Waals surface area contributed by atoms with Gasteiger partial charge in [-0.25, -0.2) is 4.98 Å². The van der Waals surface area contributed by atoms with Gasteiger partial charge in [0, 0.05) is 38.5 Å². The van der Waals surface area contributed by atoms with Gasteiger partial charge in [0.2, 0.25) is 14.3 Å². The first kappa shape index (κ1) is 20.7. The Kier molecular flexibility index (Phi) is 6.24. The first-order chi connectivity index (χ1) is 14.6. The second-order valence-corrected chi connectivity index (χ2v) is 8.90. The number of nitrogens with zero attached hydrogens (tertiary/aromatic N) is 4. The quantitative estimate of drug-likeness (QED) is 0.361. The molecule has 0 saturated carbocycles. The van der Waals surface area contributed by atoms with Crippen LogP contribution in [0.3, 0.4) is 0 Å². The van der Waals surface area contributed by atoms with Crippen LogP contribution in [0.15, 0.2) is 59.3 Å². The minimum atomic E-state index is -1.19. The Morgan fingerprint density at radius 1 is 1.03 bits per heavy atom. The third-order valence-corrected chi connectivity index (χ3v) is 6.46. The van der Waals surface area contributed by atoms with Crippen molar-refractivity contribution in [3.8, 4) is 0 Å². The summed E-state index contributed by atoms with van der Waals surface area (Å²) in [5, 5.41) is 12.9. The molecule has 0 amide bonds. The van der Waals surface area contributed by atoms with Crippen LogP contribution in [-0.4, -0.2) is 34.0 Å². The van der Waals surface area contributed by atoms with Crippen molar-refractivity contribution >= 4 is 63.7 Å². The molecule has 4 aromatic rings. The molecule has 10 heteroatoms. The Morgan fingerprint density at radius 3 is 2.63 bits per heavy atom. The number of aryl methyl sites for hydroxylation is 1. The topological polar surface area (TPSA) is 86.1 Å². The van der Waals surface area contributed by atoms with Crippen molar-refractivity contribution in [3.05, 3.63) is 59.3 Å². The molecule has 2 aromatic carbocycles. The maximum atomic E-state index is 5.47. The Labute approximate surface area is 183 Å². The zero-order chi connectivity index (χ0) is 21.1. The number of para-hydroxylation sites is 1. The van der Waals surface area contributed by atoms with Gasteiger partial charge in [0.05, 0.1) is 27.2 Å². The molecule has 4 rings (SSSR count). The minimum Gasteiger partial charge on any atom is -0.338 e. The molecule has 0 bridgehead atoms. The van der Waals surface area contributed by atoms with Gasteiger partial charge >= 0.3 is 0 Å². The van der Waals surface area contributed by atoms with Crippen molar-refractivity contribution in [1.29, 1.82) is 0 Å². The molecule has 0 aliphatic heterocycles. The van der Waals surface area contributed by atoms with E-state index in [0.29, 0.717) is 11.8 Å². The largest absolute Gasteiger partial charge is 0.338 e. The van der Waals surface area contributed by atoms with E-state index < -0.39 is 8.38 Å². The number of benzene rings is 2. The molecular formula is C20H20BrN6O2P. The second kappa shape index (κ2) is 9.06. The molecule has 0 aliphatic carbocycles. The maximum Gasteiger partial charge on any atom is 0.229 e. The standard InChI is InChI=1S/C20H20BrN6O2P/c1-27-17-10-14(9-8-13(17)11-23-27)24-20-22-12-15(21)19(26-20)25-16-6-4-5-7-18(16)30(28-2)29-3/h4-12H,1-3H3,(H2,22,24,25,26). The van der Waals surface area contributed by atoms with Gasteiger partial charge in [-0.2, -0.15) is 10.1 Å². The molecule has 2 heterocycles. The number of anilines is 4. The molecule has 0 radical (unpaired) electrons. The third kappa shape index (κ3) is 4.29. The normalized spacial score (nSPS) is 11.2. The Bertz CT molecular complexity index is 1180. The van der Waals surface area contributed by atoms with Crippen molar-refractivity contribution in [1.82, 2.24) is 19.7 Å². The van der Waals surface area contributed by atoms with E-state index in [0.717, 1.165) is 32.1 Å². The molecule has 0 spiro atoms. The van der Waals surface area contributed by atoms with Crippen LogP contribution in [0, 0.1) is 0 Å². The molecule has 0 saturated heterocycles. The van der Waals surface area contributed by atoms with E-state index in [1.807, 2.05) is 60.4 Å². The number of fused-ring (bicyclic) bond motifs is 1. The number of rotatable bonds is 7. The van der Waals surface area contributed by atoms with Crippen LogP contribution in [0.2, 0.25) is 0 Å². The van der Waals surface area contributed by atoms with Crippen LogP contribution >= 0.6 is 24.3 Å². The first-order valence-corrected chi connectivity index (χ1v) is 11.0. The Balaban J connectivity index is 1.62. The lowest BCUT2D eigenvalue weighted by atomic mass is 10.2. The van der Waals surface area contributed by atoms with E-state index in [-0.39, 0.29) is 0 Å². The first-order valence-electron chi connectivity index (χ1n) is 9.05. The van der Waals surface area contributed by atoms with Gasteiger partial charge in [0.15, 0.2) is 0 Å². The van der Waals surface area contributed by atoms with Crippen LogP contribution < -0.4 is 15.9 Å². The van der Waals surface area contributed by atoms with E-state index in [2.05, 4.69) is 41.6 Å². The lowest BCUT2D eigenvalue weighted by Crippen LogP contribution is -2.11. The zero-order valence-electron chi connectivity index (χ0n) is 16.6. The SMILES string of the molecule is COP(OC)c1ccccc1Nc1nc(Nc2ccc3cnn(C)c3c2)ncc1Br. The maximum absolute atomic E-state index is 5.47. The fraction of sp³-hybridized carbons (Fsp3) is 0.150. The van der Waals surface area contributed by atoms with Crippen molar-refractivity contribution in [2.24, 2.45) is 7.05 Å². The van der Waals surface area contributed by atoms with Gasteiger partial charge < -0.3 is 19.7 Å². The summed E-state index contributed by atoms with van der Waals surface area (Å²) in [6.07, 6.45) is 3.54. The molecule has 30 heavy (non-hydrogen) atoms. The Morgan fingerprint density at radius 2 is 1.83 bits per heavy atom. The monoisotopic (exact) mass is 486 g/mol. The molecule has 0 unspecified atom stereocenters. The highest BCUT2D eigenvalue weighted by molar-refractivity contribution is 9.10. The molecular weight excluding hydrogens is 467 g/mol. The van der Waals surface area contributed by atoms with Crippen LogP contribution in [0.4, 0.5) is 23.1 Å². The lowest BCUT2D eigenvalue weighted by molar-refractivity contribution is 0.350. The summed E-state index contributed by atoms with van der Waals surface area (Å²) in [5.74, 6) is 1.10. The summed E-state index contributed by atoms with van der Waals surface area (Å²) in [5.41, 5.74) is 2.76. The third-order valence-electron chi connectivity index (χ3n) is 4.43. The summed E-state index contributed by atoms with van der Waals surface area (Å²) in [6, 6.07) is 13.8. The summed E-state index contributed by atoms with van der Waals surface area (Å²) in [4.78, 5) is 9.01. The lowest BCUT2D eigenvalue weighted by Gasteiger charge is -2.17. The van der Waals surface area contributed by atoms with Gasteiger partial charge in [-0.05, 0) is 46.3 Å². The summed E-state index contributed by atoms with van der Waals surface area (Å²) >= 11 is 3.52. The molecule has 8 nitrogen and oxygen atoms in total. The predicted molar refractivity (Wildman–Crippen MR) is 124 cm³/mol. The molecule has 2 aromatic heterocycles. The van der Waals surface area contributed by atoms with Gasteiger partial charge in [-0.15, -0.1) is 0 Å². The van der Waals surface area contributed by atoms with Crippen LogP contribution in [0.5, 0.6) is 0 Å². The van der Waals surface area contributed by atoms with Crippen molar-refractivity contribution in [2.45, 2.75) is 0 Å². The summed E-state index contributed by atoms with van der Waals surface area (Å²) in [7, 11) is 3.99. The number of hydrogen-bond donors (Lipinski definition) is 2. The van der Waals surface area contributed by atoms with Crippen LogP contribution in [-0.2, 0) is 16.1 Å². The van der Waals surface area contributed by atoms with Crippen molar-refractivity contribution < 1.29 is 9.05 Å². The van der Waals surface area contributed by atoms with E-state index in [4.69, 9.17) is 9.05 Å². The number of halogens is 1. The summed E-state index contributed by atoms with van der Waals surface area (Å²) in [6.45, 7) is 0. The fourth-order valence-corrected chi connectivity index (χ4v) is 4.37. The van der Waals surface area contributed by atoms with E-state index in [9.17, 15) is 0 Å². The van der Waals surface area contributed by atoms with E-state index >= 15 is 0 Å². The van der Waals surface area contributed by atoms with E-state index in [1.165, 1.54) is 0 Å². The molecule has 2 N–H and O–H groups in total. The van der Waals surface area contributed by atoms with Crippen LogP contribution in [0.25, 0.3) is 10.9 Å². The van der Waals surface area contributed by atoms with E-state index in [1.54, 1.807) is 20.4 Å². The molecule has 0 fully saturated rings. The highest BCUT2D eigenvalue weighted by Gasteiger charge is 2.16. The van der Waals surface area contributed by atoms with Crippen molar-refractivity contribution in [2.75, 3.05) is 24.9 Å². The smallest absolute Gasteiger partial charge is 0.229 e. The number of hydrogen-bond acceptors (Lipinski definition) is 7.